The summed E-state index contributed by atoms with van der Waals surface area (Å²) in [4.78, 5) is 29.3. The van der Waals surface area contributed by atoms with E-state index in [1.807, 2.05) is 0 Å². The van der Waals surface area contributed by atoms with Crippen LogP contribution in [0.5, 0.6) is 0 Å². The van der Waals surface area contributed by atoms with Crippen molar-refractivity contribution in [3.05, 3.63) is 24.3 Å². The molecule has 1 heterocycles. The second-order valence-corrected chi connectivity index (χ2v) is 19.2. The SMILES string of the molecule is C=C(C)[C@@H]1CC[C@]2(C(=O)NC3C=CC(CN4CCOCC4)C3)CC[C@]3(C)[C@H](CC[C@@H]4[C@@]5(C)CC[C@H](OC(C)=O)C(C)(C)[C@@H]5CC[C@]43C)[C@@H]12. The summed E-state index contributed by atoms with van der Waals surface area (Å²) in [5.74, 6) is 3.26. The van der Waals surface area contributed by atoms with Gasteiger partial charge in [0.15, 0.2) is 0 Å². The average molecular weight is 663 g/mol. The fourth-order valence-electron chi connectivity index (χ4n) is 14.4. The lowest BCUT2D eigenvalue weighted by molar-refractivity contribution is -0.248. The molecular weight excluding hydrogens is 596 g/mol. The number of nitrogens with zero attached hydrogens (tertiary/aromatic N) is 1. The fourth-order valence-corrected chi connectivity index (χ4v) is 14.4. The highest BCUT2D eigenvalue weighted by Gasteiger charge is 2.72. The van der Waals surface area contributed by atoms with Crippen molar-refractivity contribution in [1.29, 1.82) is 0 Å². The Morgan fingerprint density at radius 1 is 0.875 bits per heavy atom. The molecule has 0 spiro atoms. The van der Waals surface area contributed by atoms with E-state index in [0.717, 1.165) is 77.8 Å². The maximum atomic E-state index is 14.7. The highest BCUT2D eigenvalue weighted by molar-refractivity contribution is 5.84. The number of hydrogen-bond donors (Lipinski definition) is 1. The second kappa shape index (κ2) is 12.2. The third kappa shape index (κ3) is 5.22. The summed E-state index contributed by atoms with van der Waals surface area (Å²) in [5.41, 5.74) is 1.66. The molecular formula is C42H66N2O4. The molecule has 0 radical (unpaired) electrons. The Morgan fingerprint density at radius 2 is 1.62 bits per heavy atom. The van der Waals surface area contributed by atoms with Gasteiger partial charge in [0.05, 0.1) is 18.6 Å². The Kier molecular flexibility index (Phi) is 8.87. The predicted molar refractivity (Wildman–Crippen MR) is 191 cm³/mol. The summed E-state index contributed by atoms with van der Waals surface area (Å²) in [6, 6.07) is 0.143. The summed E-state index contributed by atoms with van der Waals surface area (Å²) >= 11 is 0. The van der Waals surface area contributed by atoms with Crippen LogP contribution in [-0.2, 0) is 19.1 Å². The van der Waals surface area contributed by atoms with Gasteiger partial charge in [-0.15, -0.1) is 0 Å². The van der Waals surface area contributed by atoms with E-state index in [-0.39, 0.29) is 45.2 Å². The number of morpholine rings is 1. The number of carbonyl (C=O) groups is 2. The molecule has 12 atom stereocenters. The molecule has 0 bridgehead atoms. The van der Waals surface area contributed by atoms with Crippen molar-refractivity contribution in [2.24, 2.45) is 62.6 Å². The summed E-state index contributed by atoms with van der Waals surface area (Å²) < 4.78 is 11.5. The van der Waals surface area contributed by atoms with Gasteiger partial charge in [0.25, 0.3) is 0 Å². The molecule has 0 aromatic heterocycles. The van der Waals surface area contributed by atoms with Crippen LogP contribution in [0, 0.1) is 62.6 Å². The number of allylic oxidation sites excluding steroid dienone is 1. The summed E-state index contributed by atoms with van der Waals surface area (Å²) in [6.07, 6.45) is 17.0. The van der Waals surface area contributed by atoms with Gasteiger partial charge in [0.1, 0.15) is 6.10 Å². The van der Waals surface area contributed by atoms with Crippen LogP contribution in [0.4, 0.5) is 0 Å². The number of fused-ring (bicyclic) bond motifs is 7. The molecule has 5 saturated carbocycles. The zero-order chi connectivity index (χ0) is 34.3. The smallest absolute Gasteiger partial charge is 0.302 e. The molecule has 2 unspecified atom stereocenters. The first-order valence-electron chi connectivity index (χ1n) is 19.8. The van der Waals surface area contributed by atoms with E-state index < -0.39 is 0 Å². The Hall–Kier alpha value is -1.66. The van der Waals surface area contributed by atoms with Gasteiger partial charge in [-0.2, -0.15) is 0 Å². The van der Waals surface area contributed by atoms with Gasteiger partial charge in [-0.25, -0.2) is 0 Å². The van der Waals surface area contributed by atoms with Crippen molar-refractivity contribution < 1.29 is 19.1 Å². The van der Waals surface area contributed by atoms with Crippen molar-refractivity contribution in [3.63, 3.8) is 0 Å². The quantitative estimate of drug-likeness (QED) is 0.231. The molecule has 6 heteroatoms. The largest absolute Gasteiger partial charge is 0.462 e. The minimum Gasteiger partial charge on any atom is -0.462 e. The Balaban J connectivity index is 1.12. The van der Waals surface area contributed by atoms with E-state index in [4.69, 9.17) is 9.47 Å². The van der Waals surface area contributed by atoms with E-state index in [0.29, 0.717) is 41.4 Å². The first-order valence-corrected chi connectivity index (χ1v) is 19.8. The molecule has 7 rings (SSSR count). The minimum atomic E-state index is -0.279. The fraction of sp³-hybridized carbons (Fsp3) is 0.857. The molecule has 268 valence electrons. The lowest BCUT2D eigenvalue weighted by Gasteiger charge is -2.72. The molecule has 0 aromatic carbocycles. The summed E-state index contributed by atoms with van der Waals surface area (Å²) in [7, 11) is 0. The molecule has 1 aliphatic heterocycles. The lowest BCUT2D eigenvalue weighted by Crippen LogP contribution is -2.67. The molecule has 1 saturated heterocycles. The third-order valence-corrected chi connectivity index (χ3v) is 16.9. The standard InChI is InChI=1S/C42H66N2O4/c1-27(2)31-13-18-42(37(46)43-30-10-9-29(25-30)26-44-21-23-47-24-22-44)20-19-40(7)32(36(31)42)11-12-34-39(6)16-15-35(48-28(3)45)38(4,5)33(39)14-17-41(34,40)8/h9-10,29-36H,1,11-26H2,2-8H3,(H,43,46)/t29?,30?,31-,32+,33-,34+,35-,36+,39-,40+,41+,42-/m0/s1. The van der Waals surface area contributed by atoms with Gasteiger partial charge >= 0.3 is 5.97 Å². The van der Waals surface area contributed by atoms with E-state index in [1.165, 1.54) is 31.3 Å². The Bertz CT molecular complexity index is 1320. The van der Waals surface area contributed by atoms with Gasteiger partial charge in [-0.3, -0.25) is 14.5 Å². The molecule has 6 fully saturated rings. The molecule has 6 aliphatic carbocycles. The molecule has 6 nitrogen and oxygen atoms in total. The van der Waals surface area contributed by atoms with Crippen molar-refractivity contribution >= 4 is 11.9 Å². The third-order valence-electron chi connectivity index (χ3n) is 16.9. The van der Waals surface area contributed by atoms with Crippen LogP contribution in [-0.4, -0.2) is 61.8 Å². The molecule has 7 aliphatic rings. The van der Waals surface area contributed by atoms with E-state index >= 15 is 0 Å². The number of carbonyl (C=O) groups excluding carboxylic acids is 2. The van der Waals surface area contributed by atoms with Crippen LogP contribution < -0.4 is 5.32 Å². The molecule has 0 aromatic rings. The number of amides is 1. The Labute approximate surface area is 291 Å². The zero-order valence-electron chi connectivity index (χ0n) is 31.4. The molecule has 1 N–H and O–H groups in total. The minimum absolute atomic E-state index is 0.0114. The van der Waals surface area contributed by atoms with Crippen molar-refractivity contribution in [3.8, 4) is 0 Å². The van der Waals surface area contributed by atoms with E-state index in [1.54, 1.807) is 6.92 Å². The number of hydrogen-bond acceptors (Lipinski definition) is 5. The molecule has 1 amide bonds. The summed E-state index contributed by atoms with van der Waals surface area (Å²) in [6.45, 7) is 25.8. The topological polar surface area (TPSA) is 67.9 Å². The van der Waals surface area contributed by atoms with Gasteiger partial charge in [0, 0.05) is 38.0 Å². The van der Waals surface area contributed by atoms with Crippen LogP contribution in [0.2, 0.25) is 0 Å². The van der Waals surface area contributed by atoms with Crippen LogP contribution in [0.1, 0.15) is 119 Å². The summed E-state index contributed by atoms with van der Waals surface area (Å²) in [5, 5.41) is 3.65. The first-order chi connectivity index (χ1) is 22.7. The number of rotatable bonds is 6. The van der Waals surface area contributed by atoms with E-state index in [2.05, 4.69) is 70.5 Å². The van der Waals surface area contributed by atoms with Gasteiger partial charge in [0.2, 0.25) is 5.91 Å². The highest BCUT2D eigenvalue weighted by atomic mass is 16.5. The highest BCUT2D eigenvalue weighted by Crippen LogP contribution is 2.77. The van der Waals surface area contributed by atoms with Crippen LogP contribution in [0.3, 0.4) is 0 Å². The van der Waals surface area contributed by atoms with Gasteiger partial charge in [-0.1, -0.05) is 58.9 Å². The van der Waals surface area contributed by atoms with E-state index in [9.17, 15) is 9.59 Å². The maximum absolute atomic E-state index is 14.7. The lowest BCUT2D eigenvalue weighted by atomic mass is 9.32. The molecule has 48 heavy (non-hydrogen) atoms. The van der Waals surface area contributed by atoms with Crippen LogP contribution >= 0.6 is 0 Å². The second-order valence-electron chi connectivity index (χ2n) is 19.2. The van der Waals surface area contributed by atoms with Gasteiger partial charge in [-0.05, 0) is 129 Å². The normalized spacial score (nSPS) is 48.1. The number of ether oxygens (including phenoxy) is 2. The predicted octanol–water partition coefficient (Wildman–Crippen LogP) is 7.97. The Morgan fingerprint density at radius 3 is 2.33 bits per heavy atom. The number of nitrogens with one attached hydrogen (secondary N) is 1. The monoisotopic (exact) mass is 663 g/mol. The van der Waals surface area contributed by atoms with Crippen molar-refractivity contribution in [2.45, 2.75) is 131 Å². The van der Waals surface area contributed by atoms with Gasteiger partial charge < -0.3 is 14.8 Å². The zero-order valence-corrected chi connectivity index (χ0v) is 31.4. The van der Waals surface area contributed by atoms with Crippen LogP contribution in [0.15, 0.2) is 24.3 Å². The van der Waals surface area contributed by atoms with Crippen molar-refractivity contribution in [2.75, 3.05) is 32.8 Å². The maximum Gasteiger partial charge on any atom is 0.302 e. The van der Waals surface area contributed by atoms with Crippen LogP contribution in [0.25, 0.3) is 0 Å². The average Bonchev–Trinajstić information content (AvgIpc) is 3.64. The first kappa shape index (κ1) is 34.8. The number of esters is 1. The van der Waals surface area contributed by atoms with Crippen molar-refractivity contribution in [1.82, 2.24) is 10.2 Å².